The molecule has 5 heterocycles. The third-order valence-electron chi connectivity index (χ3n) is 9.97. The van der Waals surface area contributed by atoms with Gasteiger partial charge < -0.3 is 25.0 Å². The van der Waals surface area contributed by atoms with E-state index < -0.39 is 0 Å². The van der Waals surface area contributed by atoms with Gasteiger partial charge in [-0.2, -0.15) is 0 Å². The molecule has 3 amide bonds. The highest BCUT2D eigenvalue weighted by Gasteiger charge is 2.30. The summed E-state index contributed by atoms with van der Waals surface area (Å²) in [5.41, 5.74) is 8.50. The van der Waals surface area contributed by atoms with Crippen molar-refractivity contribution >= 4 is 34.2 Å². The van der Waals surface area contributed by atoms with E-state index in [9.17, 15) is 14.4 Å². The van der Waals surface area contributed by atoms with E-state index in [2.05, 4.69) is 44.7 Å². The fourth-order valence-corrected chi connectivity index (χ4v) is 7.02. The molecule has 0 saturated heterocycles. The molecule has 2 aliphatic heterocycles. The van der Waals surface area contributed by atoms with Crippen LogP contribution in [0.2, 0.25) is 0 Å². The van der Waals surface area contributed by atoms with Crippen LogP contribution < -0.4 is 10.6 Å². The first-order valence-electron chi connectivity index (χ1n) is 17.4. The Kier molecular flexibility index (Phi) is 9.30. The SMILES string of the molecule is C=C1c2cccc(C#CCCNC(=O)c3ccc(-c4cc5cccc(-c6nc(C)n7c6CN(C(C)=O)CC7)c5cn4)cn3)c2CN1C(C)C(=O)NC. The van der Waals surface area contributed by atoms with E-state index in [1.54, 1.807) is 26.2 Å². The minimum absolute atomic E-state index is 0.0600. The number of amides is 3. The minimum atomic E-state index is -0.341. The van der Waals surface area contributed by atoms with Gasteiger partial charge in [0, 0.05) is 92.3 Å². The average molecular weight is 693 g/mol. The van der Waals surface area contributed by atoms with E-state index in [1.165, 1.54) is 0 Å². The molecule has 2 N–H and O–H groups in total. The summed E-state index contributed by atoms with van der Waals surface area (Å²) in [4.78, 5) is 55.2. The van der Waals surface area contributed by atoms with Crippen molar-refractivity contribution in [3.05, 3.63) is 107 Å². The number of benzene rings is 2. The molecule has 0 spiro atoms. The number of pyridine rings is 2. The van der Waals surface area contributed by atoms with Gasteiger partial charge in [0.15, 0.2) is 0 Å². The summed E-state index contributed by atoms with van der Waals surface area (Å²) in [7, 11) is 1.63. The van der Waals surface area contributed by atoms with Gasteiger partial charge in [0.2, 0.25) is 11.8 Å². The van der Waals surface area contributed by atoms with Crippen molar-refractivity contribution in [2.24, 2.45) is 0 Å². The first kappa shape index (κ1) is 34.2. The Hall–Kier alpha value is -6.28. The second-order valence-electron chi connectivity index (χ2n) is 13.1. The molecule has 0 bridgehead atoms. The highest BCUT2D eigenvalue weighted by molar-refractivity contribution is 5.97. The van der Waals surface area contributed by atoms with Gasteiger partial charge in [-0.15, -0.1) is 0 Å². The van der Waals surface area contributed by atoms with Gasteiger partial charge in [0.25, 0.3) is 5.91 Å². The molecule has 1 unspecified atom stereocenters. The molecule has 0 aliphatic carbocycles. The van der Waals surface area contributed by atoms with Crippen LogP contribution in [0.15, 0.2) is 73.6 Å². The summed E-state index contributed by atoms with van der Waals surface area (Å²) in [5, 5.41) is 7.59. The molecule has 7 rings (SSSR count). The summed E-state index contributed by atoms with van der Waals surface area (Å²) in [6.07, 6.45) is 3.98. The number of aromatic nitrogens is 4. The molecule has 52 heavy (non-hydrogen) atoms. The molecule has 2 aromatic carbocycles. The van der Waals surface area contributed by atoms with Crippen molar-refractivity contribution in [1.82, 2.24) is 40.0 Å². The molecular formula is C41H40N8O3. The first-order valence-corrected chi connectivity index (χ1v) is 17.4. The standard InChI is InChI=1S/C41H40N8O3/c1-25-32-13-8-11-29(35(32)23-49(25)26(2)40(51)42-5)10-6-7-17-43-41(52)36-16-15-31(21-44-36)37-20-30-12-9-14-33(34(30)22-45-37)39-38-24-47(28(4)50)18-19-48(38)27(3)46-39/h8-9,11-16,20-22,26H,1,7,17-19,23-24H2,2-5H3,(H,42,51)(H,43,52). The lowest BCUT2D eigenvalue weighted by Crippen LogP contribution is -2.40. The highest BCUT2D eigenvalue weighted by Crippen LogP contribution is 2.36. The number of nitrogens with one attached hydrogen (secondary N) is 2. The van der Waals surface area contributed by atoms with Crippen LogP contribution in [-0.4, -0.2) is 73.2 Å². The first-order chi connectivity index (χ1) is 25.1. The Morgan fingerprint density at radius 2 is 1.81 bits per heavy atom. The molecule has 0 fully saturated rings. The molecule has 262 valence electrons. The van der Waals surface area contributed by atoms with Gasteiger partial charge in [-0.25, -0.2) is 4.98 Å². The van der Waals surface area contributed by atoms with Crippen molar-refractivity contribution in [2.45, 2.75) is 52.9 Å². The number of carbonyl (C=O) groups excluding carboxylic acids is 3. The number of rotatable bonds is 7. The van der Waals surface area contributed by atoms with E-state index in [0.29, 0.717) is 38.3 Å². The number of nitrogens with zero attached hydrogens (tertiary/aromatic N) is 6. The van der Waals surface area contributed by atoms with Crippen molar-refractivity contribution in [3.8, 4) is 34.4 Å². The molecule has 0 radical (unpaired) electrons. The van der Waals surface area contributed by atoms with Crippen LogP contribution in [0.1, 0.15) is 59.0 Å². The summed E-state index contributed by atoms with van der Waals surface area (Å²) >= 11 is 0. The van der Waals surface area contributed by atoms with Crippen molar-refractivity contribution in [2.75, 3.05) is 20.1 Å². The number of hydrogen-bond acceptors (Lipinski definition) is 7. The zero-order valence-electron chi connectivity index (χ0n) is 29.8. The number of likely N-dealkylation sites (N-methyl/N-ethyl adjacent to an activating group) is 1. The van der Waals surface area contributed by atoms with Crippen LogP contribution in [0.3, 0.4) is 0 Å². The smallest absolute Gasteiger partial charge is 0.269 e. The van der Waals surface area contributed by atoms with Gasteiger partial charge in [-0.3, -0.25) is 24.4 Å². The van der Waals surface area contributed by atoms with Gasteiger partial charge in [-0.05, 0) is 49.1 Å². The maximum absolute atomic E-state index is 12.9. The van der Waals surface area contributed by atoms with Crippen LogP contribution in [0.25, 0.3) is 39.0 Å². The Morgan fingerprint density at radius 1 is 1.00 bits per heavy atom. The number of hydrogen-bond donors (Lipinski definition) is 2. The zero-order valence-corrected chi connectivity index (χ0v) is 29.8. The average Bonchev–Trinajstić information content (AvgIpc) is 3.69. The van der Waals surface area contributed by atoms with E-state index in [1.807, 2.05) is 72.3 Å². The Morgan fingerprint density at radius 3 is 2.58 bits per heavy atom. The Labute approximate surface area is 302 Å². The summed E-state index contributed by atoms with van der Waals surface area (Å²) in [6, 6.07) is 17.3. The van der Waals surface area contributed by atoms with Crippen LogP contribution in [0.4, 0.5) is 0 Å². The lowest BCUT2D eigenvalue weighted by atomic mass is 10.0. The molecule has 5 aromatic rings. The maximum Gasteiger partial charge on any atom is 0.269 e. The van der Waals surface area contributed by atoms with Gasteiger partial charge >= 0.3 is 0 Å². The third kappa shape index (κ3) is 6.39. The predicted octanol–water partition coefficient (Wildman–Crippen LogP) is 4.92. The molecule has 11 heteroatoms. The fraction of sp³-hybridized carbons (Fsp3) is 0.268. The Bertz CT molecular complexity index is 2310. The van der Waals surface area contributed by atoms with E-state index in [4.69, 9.17) is 9.97 Å². The topological polar surface area (TPSA) is 125 Å². The van der Waals surface area contributed by atoms with Crippen molar-refractivity contribution in [1.29, 1.82) is 0 Å². The number of fused-ring (bicyclic) bond motifs is 3. The van der Waals surface area contributed by atoms with Crippen LogP contribution >= 0.6 is 0 Å². The molecule has 2 aliphatic rings. The van der Waals surface area contributed by atoms with Crippen molar-refractivity contribution in [3.63, 3.8) is 0 Å². The second kappa shape index (κ2) is 14.2. The van der Waals surface area contributed by atoms with E-state index in [0.717, 1.165) is 73.7 Å². The van der Waals surface area contributed by atoms with Gasteiger partial charge in [0.1, 0.15) is 17.6 Å². The largest absolute Gasteiger partial charge is 0.357 e. The number of aryl methyl sites for hydroxylation is 1. The van der Waals surface area contributed by atoms with E-state index >= 15 is 0 Å². The van der Waals surface area contributed by atoms with Crippen LogP contribution in [0.5, 0.6) is 0 Å². The monoisotopic (exact) mass is 692 g/mol. The fourth-order valence-electron chi connectivity index (χ4n) is 7.02. The highest BCUT2D eigenvalue weighted by atomic mass is 16.2. The second-order valence-corrected chi connectivity index (χ2v) is 13.1. The third-order valence-corrected chi connectivity index (χ3v) is 9.97. The quantitative estimate of drug-likeness (QED) is 0.183. The normalized spacial score (nSPS) is 14.0. The molecule has 1 atom stereocenters. The van der Waals surface area contributed by atoms with Crippen molar-refractivity contribution < 1.29 is 14.4 Å². The predicted molar refractivity (Wildman–Crippen MR) is 200 cm³/mol. The molecular weight excluding hydrogens is 653 g/mol. The number of carbonyl (C=O) groups is 3. The summed E-state index contributed by atoms with van der Waals surface area (Å²) in [6.45, 7) is 12.6. The lowest BCUT2D eigenvalue weighted by molar-refractivity contribution is -0.130. The summed E-state index contributed by atoms with van der Waals surface area (Å²) < 4.78 is 2.20. The van der Waals surface area contributed by atoms with Gasteiger partial charge in [-0.1, -0.05) is 48.8 Å². The maximum atomic E-state index is 12.9. The lowest BCUT2D eigenvalue weighted by Gasteiger charge is -2.28. The van der Waals surface area contributed by atoms with Gasteiger partial charge in [0.05, 0.1) is 23.6 Å². The van der Waals surface area contributed by atoms with Crippen LogP contribution in [0, 0.1) is 18.8 Å². The summed E-state index contributed by atoms with van der Waals surface area (Å²) in [5.74, 6) is 7.07. The molecule has 0 saturated carbocycles. The van der Waals surface area contributed by atoms with Crippen LogP contribution in [-0.2, 0) is 29.2 Å². The molecule has 3 aromatic heterocycles. The zero-order chi connectivity index (χ0) is 36.5. The Balaban J connectivity index is 0.994. The van der Waals surface area contributed by atoms with E-state index in [-0.39, 0.29) is 23.8 Å². The number of imidazole rings is 1. The minimum Gasteiger partial charge on any atom is -0.357 e. The molecule has 11 nitrogen and oxygen atoms in total.